The molecule has 0 amide bonds. The molecule has 3 aromatic rings. The summed E-state index contributed by atoms with van der Waals surface area (Å²) in [5.41, 5.74) is 2.11. The minimum Gasteiger partial charge on any atom is -0.292 e. The first-order valence-corrected chi connectivity index (χ1v) is 7.63. The van der Waals surface area contributed by atoms with Crippen LogP contribution in [0.5, 0.6) is 0 Å². The average Bonchev–Trinajstić information content (AvgIpc) is 3.08. The molecule has 0 spiro atoms. The second kappa shape index (κ2) is 5.68. The van der Waals surface area contributed by atoms with Crippen molar-refractivity contribution in [3.63, 3.8) is 0 Å². The summed E-state index contributed by atoms with van der Waals surface area (Å²) < 4.78 is 0.659. The summed E-state index contributed by atoms with van der Waals surface area (Å²) in [5.74, 6) is -0.0346. The van der Waals surface area contributed by atoms with Crippen molar-refractivity contribution in [3.05, 3.63) is 57.8 Å². The highest BCUT2D eigenvalue weighted by Gasteiger charge is 2.12. The number of carbonyl (C=O) groups is 1. The number of nitrogens with zero attached hydrogens (tertiary/aromatic N) is 2. The predicted molar refractivity (Wildman–Crippen MR) is 81.9 cm³/mol. The molecule has 6 heteroatoms. The fourth-order valence-corrected chi connectivity index (χ4v) is 2.86. The van der Waals surface area contributed by atoms with Gasteiger partial charge in [-0.1, -0.05) is 12.1 Å². The molecule has 3 heterocycles. The SMILES string of the molecule is O=C(Cc1cc(-c2cccs2)n[nH]1)c1cccc(Br)n1. The third-order valence-electron chi connectivity index (χ3n) is 2.76. The van der Waals surface area contributed by atoms with Crippen molar-refractivity contribution < 1.29 is 4.79 Å². The van der Waals surface area contributed by atoms with E-state index >= 15 is 0 Å². The van der Waals surface area contributed by atoms with Crippen molar-refractivity contribution in [2.45, 2.75) is 6.42 Å². The Morgan fingerprint density at radius 2 is 2.20 bits per heavy atom. The van der Waals surface area contributed by atoms with E-state index in [1.807, 2.05) is 23.6 Å². The fourth-order valence-electron chi connectivity index (χ4n) is 1.83. The van der Waals surface area contributed by atoms with Crippen LogP contribution in [0.15, 0.2) is 46.4 Å². The van der Waals surface area contributed by atoms with E-state index in [9.17, 15) is 4.79 Å². The number of pyridine rings is 1. The lowest BCUT2D eigenvalue weighted by Gasteiger charge is -1.98. The number of carbonyl (C=O) groups excluding carboxylic acids is 1. The molecule has 20 heavy (non-hydrogen) atoms. The summed E-state index contributed by atoms with van der Waals surface area (Å²) in [7, 11) is 0. The number of nitrogens with one attached hydrogen (secondary N) is 1. The Bertz CT molecular complexity index is 736. The number of hydrogen-bond acceptors (Lipinski definition) is 4. The van der Waals surface area contributed by atoms with Crippen LogP contribution >= 0.6 is 27.3 Å². The number of aromatic amines is 1. The Labute approximate surface area is 128 Å². The van der Waals surface area contributed by atoms with Gasteiger partial charge in [-0.3, -0.25) is 9.89 Å². The Kier molecular flexibility index (Phi) is 3.75. The number of halogens is 1. The van der Waals surface area contributed by atoms with Crippen molar-refractivity contribution in [2.24, 2.45) is 0 Å². The van der Waals surface area contributed by atoms with E-state index in [0.717, 1.165) is 16.3 Å². The van der Waals surface area contributed by atoms with Crippen molar-refractivity contribution >= 4 is 33.0 Å². The first kappa shape index (κ1) is 13.2. The molecule has 0 saturated carbocycles. The largest absolute Gasteiger partial charge is 0.292 e. The van der Waals surface area contributed by atoms with E-state index in [4.69, 9.17) is 0 Å². The first-order valence-electron chi connectivity index (χ1n) is 5.96. The molecule has 0 unspecified atom stereocenters. The summed E-state index contributed by atoms with van der Waals surface area (Å²) in [5, 5.41) is 9.13. The molecule has 3 rings (SSSR count). The lowest BCUT2D eigenvalue weighted by molar-refractivity contribution is 0.0987. The molecule has 0 saturated heterocycles. The molecular formula is C14H10BrN3OS. The fraction of sp³-hybridized carbons (Fsp3) is 0.0714. The van der Waals surface area contributed by atoms with Crippen LogP contribution in [0.2, 0.25) is 0 Å². The van der Waals surface area contributed by atoms with Crippen LogP contribution in [0.25, 0.3) is 10.6 Å². The molecule has 0 aliphatic rings. The van der Waals surface area contributed by atoms with Crippen molar-refractivity contribution in [3.8, 4) is 10.6 Å². The Balaban J connectivity index is 1.77. The van der Waals surface area contributed by atoms with E-state index < -0.39 is 0 Å². The Hall–Kier alpha value is -1.79. The topological polar surface area (TPSA) is 58.6 Å². The molecule has 0 fully saturated rings. The molecular weight excluding hydrogens is 338 g/mol. The van der Waals surface area contributed by atoms with Gasteiger partial charge in [0, 0.05) is 5.69 Å². The van der Waals surface area contributed by atoms with E-state index in [1.54, 1.807) is 29.5 Å². The Morgan fingerprint density at radius 1 is 1.30 bits per heavy atom. The summed E-state index contributed by atoms with van der Waals surface area (Å²) in [4.78, 5) is 17.4. The number of H-pyrrole nitrogens is 1. The predicted octanol–water partition coefficient (Wildman–Crippen LogP) is 3.72. The van der Waals surface area contributed by atoms with Gasteiger partial charge < -0.3 is 0 Å². The maximum atomic E-state index is 12.1. The summed E-state index contributed by atoms with van der Waals surface area (Å²) in [6.45, 7) is 0. The van der Waals surface area contributed by atoms with Crippen LogP contribution in [0.4, 0.5) is 0 Å². The summed E-state index contributed by atoms with van der Waals surface area (Å²) in [6.07, 6.45) is 0.266. The maximum Gasteiger partial charge on any atom is 0.187 e. The third kappa shape index (κ3) is 2.86. The smallest absolute Gasteiger partial charge is 0.187 e. The van der Waals surface area contributed by atoms with Gasteiger partial charge in [0.2, 0.25) is 0 Å². The van der Waals surface area contributed by atoms with E-state index in [-0.39, 0.29) is 12.2 Å². The van der Waals surface area contributed by atoms with E-state index in [1.165, 1.54) is 0 Å². The average molecular weight is 348 g/mol. The minimum absolute atomic E-state index is 0.0346. The van der Waals surface area contributed by atoms with Gasteiger partial charge in [0.25, 0.3) is 0 Å². The standard InChI is InChI=1S/C14H10BrN3OS/c15-14-5-1-3-10(16-14)12(19)8-9-7-11(18-17-9)13-4-2-6-20-13/h1-7H,8H2,(H,17,18). The Morgan fingerprint density at radius 3 is 2.95 bits per heavy atom. The monoisotopic (exact) mass is 347 g/mol. The van der Waals surface area contributed by atoms with Crippen LogP contribution < -0.4 is 0 Å². The number of Topliss-reactive ketones (excluding diaryl/α,β-unsaturated/α-hetero) is 1. The number of hydrogen-bond donors (Lipinski definition) is 1. The van der Waals surface area contributed by atoms with Gasteiger partial charge in [-0.2, -0.15) is 5.10 Å². The molecule has 4 nitrogen and oxygen atoms in total. The minimum atomic E-state index is -0.0346. The van der Waals surface area contributed by atoms with Gasteiger partial charge in [0.05, 0.1) is 11.3 Å². The molecule has 1 N–H and O–H groups in total. The number of ketones is 1. The third-order valence-corrected chi connectivity index (χ3v) is 4.09. The zero-order valence-electron chi connectivity index (χ0n) is 10.3. The van der Waals surface area contributed by atoms with Crippen LogP contribution in [0.3, 0.4) is 0 Å². The molecule has 0 radical (unpaired) electrons. The normalized spacial score (nSPS) is 10.7. The van der Waals surface area contributed by atoms with Crippen molar-refractivity contribution in [1.29, 1.82) is 0 Å². The highest BCUT2D eigenvalue weighted by atomic mass is 79.9. The first-order chi connectivity index (χ1) is 9.72. The molecule has 0 bridgehead atoms. The van der Waals surface area contributed by atoms with Gasteiger partial charge in [0.15, 0.2) is 5.78 Å². The maximum absolute atomic E-state index is 12.1. The van der Waals surface area contributed by atoms with E-state index in [2.05, 4.69) is 31.1 Å². The molecule has 100 valence electrons. The van der Waals surface area contributed by atoms with Gasteiger partial charge in [-0.25, -0.2) is 4.98 Å². The van der Waals surface area contributed by atoms with Crippen LogP contribution in [0, 0.1) is 0 Å². The molecule has 0 aliphatic heterocycles. The summed E-state index contributed by atoms with van der Waals surface area (Å²) >= 11 is 4.88. The van der Waals surface area contributed by atoms with Gasteiger partial charge in [-0.15, -0.1) is 11.3 Å². The zero-order chi connectivity index (χ0) is 13.9. The van der Waals surface area contributed by atoms with E-state index in [0.29, 0.717) is 10.3 Å². The highest BCUT2D eigenvalue weighted by Crippen LogP contribution is 2.23. The second-order valence-electron chi connectivity index (χ2n) is 4.20. The van der Waals surface area contributed by atoms with Crippen molar-refractivity contribution in [2.75, 3.05) is 0 Å². The summed E-state index contributed by atoms with van der Waals surface area (Å²) in [6, 6.07) is 11.2. The lowest BCUT2D eigenvalue weighted by atomic mass is 10.1. The molecule has 0 aliphatic carbocycles. The lowest BCUT2D eigenvalue weighted by Crippen LogP contribution is -2.06. The number of rotatable bonds is 4. The number of aromatic nitrogens is 3. The molecule has 3 aromatic heterocycles. The van der Waals surface area contributed by atoms with Crippen molar-refractivity contribution in [1.82, 2.24) is 15.2 Å². The highest BCUT2D eigenvalue weighted by molar-refractivity contribution is 9.10. The van der Waals surface area contributed by atoms with Gasteiger partial charge in [-0.05, 0) is 45.6 Å². The van der Waals surface area contributed by atoms with Gasteiger partial charge in [0.1, 0.15) is 16.0 Å². The quantitative estimate of drug-likeness (QED) is 0.577. The zero-order valence-corrected chi connectivity index (χ0v) is 12.7. The second-order valence-corrected chi connectivity index (χ2v) is 5.96. The molecule has 0 atom stereocenters. The van der Waals surface area contributed by atoms with Gasteiger partial charge >= 0.3 is 0 Å². The van der Waals surface area contributed by atoms with Crippen LogP contribution in [-0.4, -0.2) is 21.0 Å². The molecule has 0 aromatic carbocycles. The number of thiophene rings is 1. The van der Waals surface area contributed by atoms with Crippen LogP contribution in [0.1, 0.15) is 16.2 Å². The van der Waals surface area contributed by atoms with Crippen LogP contribution in [-0.2, 0) is 6.42 Å².